The first-order valence-corrected chi connectivity index (χ1v) is 7.90. The molecule has 20 heavy (non-hydrogen) atoms. The number of nitrogens with one attached hydrogen (secondary N) is 1. The van der Waals surface area contributed by atoms with Crippen molar-refractivity contribution >= 4 is 11.8 Å². The maximum absolute atomic E-state index is 12.2. The molecule has 1 aliphatic heterocycles. The lowest BCUT2D eigenvalue weighted by Gasteiger charge is -2.24. The summed E-state index contributed by atoms with van der Waals surface area (Å²) >= 11 is 0. The molecule has 2 aliphatic rings. The molecule has 0 aromatic heterocycles. The second-order valence-corrected chi connectivity index (χ2v) is 6.33. The zero-order valence-electron chi connectivity index (χ0n) is 12.4. The summed E-state index contributed by atoms with van der Waals surface area (Å²) in [6.45, 7) is 3.09. The Bertz CT molecular complexity index is 353. The number of hydrogen-bond donors (Lipinski definition) is 2. The van der Waals surface area contributed by atoms with Gasteiger partial charge in [0.2, 0.25) is 11.8 Å². The Labute approximate surface area is 121 Å². The molecule has 5 heteroatoms. The van der Waals surface area contributed by atoms with Crippen LogP contribution in [0.15, 0.2) is 0 Å². The van der Waals surface area contributed by atoms with Gasteiger partial charge in [0.15, 0.2) is 0 Å². The SMILES string of the molecule is CC(NC(=O)CC1CCCCC1)C(=O)N1CC[C@@H](N)C1. The highest BCUT2D eigenvalue weighted by atomic mass is 16.2. The van der Waals surface area contributed by atoms with Crippen molar-refractivity contribution in [1.29, 1.82) is 0 Å². The first-order chi connectivity index (χ1) is 9.56. The monoisotopic (exact) mass is 281 g/mol. The van der Waals surface area contributed by atoms with Gasteiger partial charge < -0.3 is 16.0 Å². The summed E-state index contributed by atoms with van der Waals surface area (Å²) in [7, 11) is 0. The molecule has 114 valence electrons. The molecule has 2 rings (SSSR count). The van der Waals surface area contributed by atoms with Crippen LogP contribution in [-0.4, -0.2) is 41.9 Å². The fraction of sp³-hybridized carbons (Fsp3) is 0.867. The van der Waals surface area contributed by atoms with E-state index in [1.165, 1.54) is 19.3 Å². The fourth-order valence-corrected chi connectivity index (χ4v) is 3.28. The van der Waals surface area contributed by atoms with E-state index in [9.17, 15) is 9.59 Å². The normalized spacial score (nSPS) is 25.5. The fourth-order valence-electron chi connectivity index (χ4n) is 3.28. The standard InChI is InChI=1S/C15H27N3O2/c1-11(15(20)18-8-7-13(16)10-18)17-14(19)9-12-5-3-2-4-6-12/h11-13H,2-10,16H2,1H3,(H,17,19)/t11?,13-/m1/s1. The van der Waals surface area contributed by atoms with Crippen molar-refractivity contribution < 1.29 is 9.59 Å². The van der Waals surface area contributed by atoms with Crippen LogP contribution in [0.1, 0.15) is 51.9 Å². The van der Waals surface area contributed by atoms with Gasteiger partial charge in [-0.2, -0.15) is 0 Å². The van der Waals surface area contributed by atoms with E-state index in [2.05, 4.69) is 5.32 Å². The van der Waals surface area contributed by atoms with Crippen molar-refractivity contribution in [3.63, 3.8) is 0 Å². The van der Waals surface area contributed by atoms with Crippen LogP contribution in [0.25, 0.3) is 0 Å². The Morgan fingerprint density at radius 3 is 2.55 bits per heavy atom. The third kappa shape index (κ3) is 4.20. The molecular weight excluding hydrogens is 254 g/mol. The number of carbonyl (C=O) groups is 2. The summed E-state index contributed by atoms with van der Waals surface area (Å²) in [5, 5.41) is 2.85. The third-order valence-corrected chi connectivity index (χ3v) is 4.48. The Balaban J connectivity index is 1.73. The van der Waals surface area contributed by atoms with Gasteiger partial charge in [-0.15, -0.1) is 0 Å². The van der Waals surface area contributed by atoms with Crippen molar-refractivity contribution in [3.05, 3.63) is 0 Å². The summed E-state index contributed by atoms with van der Waals surface area (Å²) in [6, 6.07) is -0.347. The molecule has 1 heterocycles. The van der Waals surface area contributed by atoms with E-state index in [1.54, 1.807) is 11.8 Å². The van der Waals surface area contributed by atoms with Crippen LogP contribution in [0.4, 0.5) is 0 Å². The smallest absolute Gasteiger partial charge is 0.244 e. The lowest BCUT2D eigenvalue weighted by molar-refractivity contribution is -0.135. The topological polar surface area (TPSA) is 75.4 Å². The van der Waals surface area contributed by atoms with Crippen LogP contribution in [0.5, 0.6) is 0 Å². The summed E-state index contributed by atoms with van der Waals surface area (Å²) in [5.41, 5.74) is 5.81. The molecule has 1 saturated heterocycles. The van der Waals surface area contributed by atoms with Crippen LogP contribution in [0, 0.1) is 5.92 Å². The third-order valence-electron chi connectivity index (χ3n) is 4.48. The van der Waals surface area contributed by atoms with Gasteiger partial charge in [-0.3, -0.25) is 9.59 Å². The minimum atomic E-state index is -0.434. The molecule has 0 aromatic rings. The van der Waals surface area contributed by atoms with E-state index in [0.29, 0.717) is 25.4 Å². The van der Waals surface area contributed by atoms with Crippen molar-refractivity contribution in [2.45, 2.75) is 64.0 Å². The quantitative estimate of drug-likeness (QED) is 0.808. The number of rotatable bonds is 4. The van der Waals surface area contributed by atoms with E-state index < -0.39 is 6.04 Å². The number of carbonyl (C=O) groups excluding carboxylic acids is 2. The van der Waals surface area contributed by atoms with Gasteiger partial charge in [0.05, 0.1) is 0 Å². The molecule has 5 nitrogen and oxygen atoms in total. The number of hydrogen-bond acceptors (Lipinski definition) is 3. The average Bonchev–Trinajstić information content (AvgIpc) is 2.85. The zero-order chi connectivity index (χ0) is 14.5. The van der Waals surface area contributed by atoms with Gasteiger partial charge in [-0.1, -0.05) is 19.3 Å². The highest BCUT2D eigenvalue weighted by Crippen LogP contribution is 2.26. The highest BCUT2D eigenvalue weighted by Gasteiger charge is 2.28. The molecule has 2 fully saturated rings. The summed E-state index contributed by atoms with van der Waals surface area (Å²) in [6.07, 6.45) is 7.48. The Kier molecular flexibility index (Phi) is 5.40. The van der Waals surface area contributed by atoms with E-state index in [0.717, 1.165) is 19.3 Å². The van der Waals surface area contributed by atoms with Crippen LogP contribution in [0.2, 0.25) is 0 Å². The maximum Gasteiger partial charge on any atom is 0.244 e. The minimum absolute atomic E-state index is 0.00468. The van der Waals surface area contributed by atoms with Crippen LogP contribution in [0.3, 0.4) is 0 Å². The zero-order valence-corrected chi connectivity index (χ0v) is 12.4. The van der Waals surface area contributed by atoms with Crippen molar-refractivity contribution in [2.24, 2.45) is 11.7 Å². The molecule has 1 saturated carbocycles. The largest absolute Gasteiger partial charge is 0.345 e. The average molecular weight is 281 g/mol. The summed E-state index contributed by atoms with van der Waals surface area (Å²) in [5.74, 6) is 0.516. The first-order valence-electron chi connectivity index (χ1n) is 7.90. The van der Waals surface area contributed by atoms with Gasteiger partial charge in [0.1, 0.15) is 6.04 Å². The Hall–Kier alpha value is -1.10. The molecule has 0 bridgehead atoms. The van der Waals surface area contributed by atoms with E-state index in [1.807, 2.05) is 0 Å². The second-order valence-electron chi connectivity index (χ2n) is 6.33. The molecule has 2 amide bonds. The molecule has 3 N–H and O–H groups in total. The van der Waals surface area contributed by atoms with Gasteiger partial charge in [0, 0.05) is 25.6 Å². The maximum atomic E-state index is 12.2. The first kappa shape index (κ1) is 15.3. The molecule has 0 spiro atoms. The second kappa shape index (κ2) is 7.07. The molecule has 0 radical (unpaired) electrons. The van der Waals surface area contributed by atoms with Crippen LogP contribution >= 0.6 is 0 Å². The van der Waals surface area contributed by atoms with Gasteiger partial charge in [-0.25, -0.2) is 0 Å². The summed E-state index contributed by atoms with van der Waals surface area (Å²) in [4.78, 5) is 25.9. The predicted molar refractivity (Wildman–Crippen MR) is 78.0 cm³/mol. The van der Waals surface area contributed by atoms with Gasteiger partial charge >= 0.3 is 0 Å². The lowest BCUT2D eigenvalue weighted by atomic mass is 9.87. The molecule has 0 aromatic carbocycles. The number of likely N-dealkylation sites (tertiary alicyclic amines) is 1. The van der Waals surface area contributed by atoms with Crippen LogP contribution < -0.4 is 11.1 Å². The van der Waals surface area contributed by atoms with Crippen molar-refractivity contribution in [1.82, 2.24) is 10.2 Å². The van der Waals surface area contributed by atoms with Gasteiger partial charge in [0.25, 0.3) is 0 Å². The summed E-state index contributed by atoms with van der Waals surface area (Å²) < 4.78 is 0. The van der Waals surface area contributed by atoms with E-state index in [4.69, 9.17) is 5.73 Å². The highest BCUT2D eigenvalue weighted by molar-refractivity contribution is 5.87. The predicted octanol–water partition coefficient (Wildman–Crippen LogP) is 1.02. The molecule has 1 aliphatic carbocycles. The van der Waals surface area contributed by atoms with Crippen LogP contribution in [-0.2, 0) is 9.59 Å². The number of nitrogens with zero attached hydrogens (tertiary/aromatic N) is 1. The van der Waals surface area contributed by atoms with E-state index >= 15 is 0 Å². The lowest BCUT2D eigenvalue weighted by Crippen LogP contribution is -2.47. The molecule has 2 atom stereocenters. The van der Waals surface area contributed by atoms with Crippen molar-refractivity contribution in [2.75, 3.05) is 13.1 Å². The minimum Gasteiger partial charge on any atom is -0.345 e. The van der Waals surface area contributed by atoms with E-state index in [-0.39, 0.29) is 17.9 Å². The van der Waals surface area contributed by atoms with Gasteiger partial charge in [-0.05, 0) is 32.1 Å². The number of amides is 2. The Morgan fingerprint density at radius 2 is 1.95 bits per heavy atom. The number of nitrogens with two attached hydrogens (primary N) is 1. The Morgan fingerprint density at radius 1 is 1.25 bits per heavy atom. The molecule has 1 unspecified atom stereocenters. The molecular formula is C15H27N3O2. The van der Waals surface area contributed by atoms with Crippen molar-refractivity contribution in [3.8, 4) is 0 Å².